The van der Waals surface area contributed by atoms with Crippen LogP contribution in [0.1, 0.15) is 25.9 Å². The minimum Gasteiger partial charge on any atom is -0.349 e. The summed E-state index contributed by atoms with van der Waals surface area (Å²) in [7, 11) is 0. The fourth-order valence-corrected chi connectivity index (χ4v) is 2.82. The maximum absolute atomic E-state index is 12.1. The average molecular weight is 355 g/mol. The number of nitrogens with zero attached hydrogens (tertiary/aromatic N) is 2. The second-order valence-corrected chi connectivity index (χ2v) is 6.36. The quantitative estimate of drug-likeness (QED) is 0.589. The predicted molar refractivity (Wildman–Crippen MR) is 95.5 cm³/mol. The Balaban J connectivity index is 1.48. The smallest absolute Gasteiger partial charge is 0.271 e. The number of benzene rings is 1. The largest absolute Gasteiger partial charge is 0.349 e. The normalized spacial score (nSPS) is 10.4. The molecule has 128 valence electrons. The van der Waals surface area contributed by atoms with Crippen LogP contribution in [0.2, 0.25) is 0 Å². The molecule has 2 aromatic heterocycles. The second-order valence-electron chi connectivity index (χ2n) is 5.30. The van der Waals surface area contributed by atoms with Gasteiger partial charge >= 0.3 is 0 Å². The number of hydrogen-bond acceptors (Lipinski definition) is 5. The van der Waals surface area contributed by atoms with E-state index in [1.807, 2.05) is 37.3 Å². The van der Waals surface area contributed by atoms with Gasteiger partial charge in [0.15, 0.2) is 0 Å². The molecular formula is C17H17N5O2S. The molecule has 3 aromatic rings. The Morgan fingerprint density at radius 3 is 2.52 bits per heavy atom. The molecule has 0 saturated heterocycles. The first-order valence-electron chi connectivity index (χ1n) is 7.72. The Labute approximate surface area is 148 Å². The third kappa shape index (κ3) is 4.10. The van der Waals surface area contributed by atoms with Crippen LogP contribution >= 0.6 is 11.3 Å². The highest BCUT2D eigenvalue weighted by molar-refractivity contribution is 7.09. The molecule has 3 rings (SSSR count). The van der Waals surface area contributed by atoms with E-state index in [0.717, 1.165) is 10.4 Å². The number of carbonyl (C=O) groups is 2. The monoisotopic (exact) mass is 355 g/mol. The van der Waals surface area contributed by atoms with E-state index < -0.39 is 0 Å². The SMILES string of the molecule is Cc1scnc1C(=O)NCCNC(=O)c1cc(-c2ccccc2)n[nH]1. The van der Waals surface area contributed by atoms with Crippen molar-refractivity contribution in [1.82, 2.24) is 25.8 Å². The number of H-pyrrole nitrogens is 1. The van der Waals surface area contributed by atoms with Crippen molar-refractivity contribution in [2.45, 2.75) is 6.92 Å². The zero-order chi connectivity index (χ0) is 17.6. The molecule has 0 aliphatic rings. The molecule has 0 atom stereocenters. The maximum atomic E-state index is 12.1. The lowest BCUT2D eigenvalue weighted by Gasteiger charge is -2.05. The molecule has 2 heterocycles. The molecule has 2 amide bonds. The van der Waals surface area contributed by atoms with Crippen LogP contribution in [0.25, 0.3) is 11.3 Å². The Hall–Kier alpha value is -3.00. The summed E-state index contributed by atoms with van der Waals surface area (Å²) >= 11 is 1.42. The highest BCUT2D eigenvalue weighted by Gasteiger charge is 2.12. The van der Waals surface area contributed by atoms with Crippen molar-refractivity contribution in [2.75, 3.05) is 13.1 Å². The summed E-state index contributed by atoms with van der Waals surface area (Å²) in [5.74, 6) is -0.505. The number of aromatic nitrogens is 3. The minimum atomic E-state index is -0.270. The van der Waals surface area contributed by atoms with Gasteiger partial charge in [0.1, 0.15) is 11.4 Å². The van der Waals surface area contributed by atoms with E-state index >= 15 is 0 Å². The van der Waals surface area contributed by atoms with E-state index in [0.29, 0.717) is 30.2 Å². The van der Waals surface area contributed by atoms with Crippen molar-refractivity contribution in [3.8, 4) is 11.3 Å². The molecule has 0 aliphatic carbocycles. The summed E-state index contributed by atoms with van der Waals surface area (Å²) in [5.41, 5.74) is 4.08. The van der Waals surface area contributed by atoms with Crippen LogP contribution in [0.5, 0.6) is 0 Å². The molecule has 0 unspecified atom stereocenters. The third-order valence-corrected chi connectivity index (χ3v) is 4.31. The fraction of sp³-hybridized carbons (Fsp3) is 0.176. The van der Waals surface area contributed by atoms with Gasteiger partial charge in [0.2, 0.25) is 0 Å². The Morgan fingerprint density at radius 1 is 1.12 bits per heavy atom. The van der Waals surface area contributed by atoms with Gasteiger partial charge in [-0.3, -0.25) is 14.7 Å². The first kappa shape index (κ1) is 16.8. The summed E-state index contributed by atoms with van der Waals surface area (Å²) in [6.45, 7) is 2.48. The Morgan fingerprint density at radius 2 is 1.84 bits per heavy atom. The number of nitrogens with one attached hydrogen (secondary N) is 3. The van der Waals surface area contributed by atoms with Gasteiger partial charge in [-0.15, -0.1) is 11.3 Å². The number of hydrogen-bond donors (Lipinski definition) is 3. The molecule has 0 radical (unpaired) electrons. The van der Waals surface area contributed by atoms with Crippen molar-refractivity contribution in [2.24, 2.45) is 0 Å². The van der Waals surface area contributed by atoms with Crippen molar-refractivity contribution < 1.29 is 9.59 Å². The van der Waals surface area contributed by atoms with Gasteiger partial charge in [0, 0.05) is 23.5 Å². The predicted octanol–water partition coefficient (Wildman–Crippen LogP) is 2.00. The van der Waals surface area contributed by atoms with Crippen molar-refractivity contribution >= 4 is 23.2 Å². The van der Waals surface area contributed by atoms with Crippen LogP contribution < -0.4 is 10.6 Å². The van der Waals surface area contributed by atoms with Crippen LogP contribution in [0.4, 0.5) is 0 Å². The Kier molecular flexibility index (Phi) is 5.20. The Bertz CT molecular complexity index is 872. The summed E-state index contributed by atoms with van der Waals surface area (Å²) < 4.78 is 0. The van der Waals surface area contributed by atoms with Gasteiger partial charge in [0.25, 0.3) is 11.8 Å². The molecule has 0 saturated carbocycles. The second kappa shape index (κ2) is 7.71. The first-order valence-corrected chi connectivity index (χ1v) is 8.60. The van der Waals surface area contributed by atoms with E-state index in [-0.39, 0.29) is 11.8 Å². The molecule has 0 spiro atoms. The standard InChI is InChI=1S/C17H17N5O2S/c1-11-15(20-10-25-11)17(24)19-8-7-18-16(23)14-9-13(21-22-14)12-5-3-2-4-6-12/h2-6,9-10H,7-8H2,1H3,(H,18,23)(H,19,24)(H,21,22). The zero-order valence-electron chi connectivity index (χ0n) is 13.6. The molecule has 1 aromatic carbocycles. The lowest BCUT2D eigenvalue weighted by atomic mass is 10.1. The lowest BCUT2D eigenvalue weighted by Crippen LogP contribution is -2.35. The van der Waals surface area contributed by atoms with Crippen LogP contribution in [-0.4, -0.2) is 40.1 Å². The molecule has 8 heteroatoms. The number of amides is 2. The van der Waals surface area contributed by atoms with Gasteiger partial charge < -0.3 is 10.6 Å². The van der Waals surface area contributed by atoms with Crippen molar-refractivity contribution in [1.29, 1.82) is 0 Å². The van der Waals surface area contributed by atoms with E-state index in [4.69, 9.17) is 0 Å². The van der Waals surface area contributed by atoms with E-state index in [2.05, 4.69) is 25.8 Å². The van der Waals surface area contributed by atoms with Gasteiger partial charge in [-0.1, -0.05) is 30.3 Å². The van der Waals surface area contributed by atoms with Crippen LogP contribution in [0.3, 0.4) is 0 Å². The number of thiazole rings is 1. The highest BCUT2D eigenvalue weighted by Crippen LogP contribution is 2.16. The molecule has 7 nitrogen and oxygen atoms in total. The first-order chi connectivity index (χ1) is 12.1. The van der Waals surface area contributed by atoms with Crippen LogP contribution in [-0.2, 0) is 0 Å². The average Bonchev–Trinajstić information content (AvgIpc) is 3.28. The van der Waals surface area contributed by atoms with Gasteiger partial charge in [-0.25, -0.2) is 4.98 Å². The molecular weight excluding hydrogens is 338 g/mol. The summed E-state index contributed by atoms with van der Waals surface area (Å²) in [6, 6.07) is 11.3. The number of carbonyl (C=O) groups excluding carboxylic acids is 2. The molecule has 0 aliphatic heterocycles. The minimum absolute atomic E-state index is 0.235. The zero-order valence-corrected chi connectivity index (χ0v) is 14.4. The molecule has 25 heavy (non-hydrogen) atoms. The van der Waals surface area contributed by atoms with Gasteiger partial charge in [-0.2, -0.15) is 5.10 Å². The number of aryl methyl sites for hydroxylation is 1. The topological polar surface area (TPSA) is 99.8 Å². The molecule has 3 N–H and O–H groups in total. The van der Waals surface area contributed by atoms with Crippen molar-refractivity contribution in [3.05, 3.63) is 58.2 Å². The summed E-state index contributed by atoms with van der Waals surface area (Å²) in [5, 5.41) is 12.3. The highest BCUT2D eigenvalue weighted by atomic mass is 32.1. The van der Waals surface area contributed by atoms with Gasteiger partial charge in [0.05, 0.1) is 11.2 Å². The summed E-state index contributed by atoms with van der Waals surface area (Å²) in [4.78, 5) is 28.9. The maximum Gasteiger partial charge on any atom is 0.271 e. The van der Waals surface area contributed by atoms with Crippen LogP contribution in [0, 0.1) is 6.92 Å². The number of aromatic amines is 1. The molecule has 0 fully saturated rings. The fourth-order valence-electron chi connectivity index (χ4n) is 2.25. The summed E-state index contributed by atoms with van der Waals surface area (Å²) in [6.07, 6.45) is 0. The van der Waals surface area contributed by atoms with Gasteiger partial charge in [-0.05, 0) is 13.0 Å². The van der Waals surface area contributed by atoms with E-state index in [1.54, 1.807) is 11.6 Å². The lowest BCUT2D eigenvalue weighted by molar-refractivity contribution is 0.0922. The van der Waals surface area contributed by atoms with E-state index in [1.165, 1.54) is 11.3 Å². The molecule has 0 bridgehead atoms. The number of rotatable bonds is 6. The van der Waals surface area contributed by atoms with Crippen LogP contribution in [0.15, 0.2) is 41.9 Å². The van der Waals surface area contributed by atoms with E-state index in [9.17, 15) is 9.59 Å². The third-order valence-electron chi connectivity index (χ3n) is 3.55. The van der Waals surface area contributed by atoms with Crippen molar-refractivity contribution in [3.63, 3.8) is 0 Å².